The summed E-state index contributed by atoms with van der Waals surface area (Å²) in [5, 5.41) is 12.4. The van der Waals surface area contributed by atoms with Crippen molar-refractivity contribution < 1.29 is 14.0 Å². The second-order valence-electron chi connectivity index (χ2n) is 3.14. The third-order valence-electron chi connectivity index (χ3n) is 1.92. The third kappa shape index (κ3) is 2.05. The Morgan fingerprint density at radius 1 is 1.50 bits per heavy atom. The van der Waals surface area contributed by atoms with Gasteiger partial charge in [-0.3, -0.25) is 4.98 Å². The molecule has 0 aliphatic heterocycles. The number of pyridine rings is 1. The summed E-state index contributed by atoms with van der Waals surface area (Å²) in [5.41, 5.74) is 5.86. The van der Waals surface area contributed by atoms with Crippen molar-refractivity contribution in [2.75, 3.05) is 6.61 Å². The van der Waals surface area contributed by atoms with E-state index in [2.05, 4.69) is 15.1 Å². The predicted octanol–water partition coefficient (Wildman–Crippen LogP) is 0.263. The fraction of sp³-hybridized carbons (Fsp3) is 0.222. The highest BCUT2D eigenvalue weighted by Gasteiger charge is 2.14. The first-order chi connectivity index (χ1) is 7.70. The Morgan fingerprint density at radius 3 is 3.00 bits per heavy atom. The van der Waals surface area contributed by atoms with E-state index in [-0.39, 0.29) is 18.3 Å². The van der Waals surface area contributed by atoms with Crippen molar-refractivity contribution in [1.82, 2.24) is 15.1 Å². The number of nitrogens with two attached hydrogens (primary N) is 1. The third-order valence-corrected chi connectivity index (χ3v) is 1.92. The van der Waals surface area contributed by atoms with Crippen molar-refractivity contribution in [2.45, 2.75) is 6.04 Å². The standard InChI is InChI=1S/C9H9FN4O2/c10-6-1-5(2-12-3-6)9-13-8(14-16-9)7(11)4-15/h1-3,7,15H,4,11H2. The second kappa shape index (κ2) is 4.33. The largest absolute Gasteiger partial charge is 0.394 e. The van der Waals surface area contributed by atoms with Crippen molar-refractivity contribution in [3.8, 4) is 11.5 Å². The van der Waals surface area contributed by atoms with E-state index in [0.717, 1.165) is 6.20 Å². The van der Waals surface area contributed by atoms with Crippen LogP contribution in [0.1, 0.15) is 11.9 Å². The smallest absolute Gasteiger partial charge is 0.259 e. The molecule has 7 heteroatoms. The van der Waals surface area contributed by atoms with Gasteiger partial charge in [-0.05, 0) is 6.07 Å². The first kappa shape index (κ1) is 10.7. The maximum Gasteiger partial charge on any atom is 0.259 e. The van der Waals surface area contributed by atoms with Gasteiger partial charge in [0, 0.05) is 6.20 Å². The molecule has 0 saturated heterocycles. The number of aliphatic hydroxyl groups is 1. The van der Waals surface area contributed by atoms with Gasteiger partial charge in [-0.2, -0.15) is 4.98 Å². The number of nitrogens with zero attached hydrogens (tertiary/aromatic N) is 3. The van der Waals surface area contributed by atoms with Gasteiger partial charge < -0.3 is 15.4 Å². The van der Waals surface area contributed by atoms with E-state index >= 15 is 0 Å². The van der Waals surface area contributed by atoms with Gasteiger partial charge in [0.1, 0.15) is 5.82 Å². The summed E-state index contributed by atoms with van der Waals surface area (Å²) in [6.07, 6.45) is 2.46. The molecule has 0 amide bonds. The van der Waals surface area contributed by atoms with Gasteiger partial charge in [0.15, 0.2) is 5.82 Å². The van der Waals surface area contributed by atoms with Gasteiger partial charge in [-0.1, -0.05) is 5.16 Å². The normalized spacial score (nSPS) is 12.7. The number of hydrogen-bond acceptors (Lipinski definition) is 6. The minimum Gasteiger partial charge on any atom is -0.394 e. The summed E-state index contributed by atoms with van der Waals surface area (Å²) < 4.78 is 17.7. The zero-order chi connectivity index (χ0) is 11.5. The maximum absolute atomic E-state index is 12.9. The van der Waals surface area contributed by atoms with Crippen LogP contribution < -0.4 is 5.73 Å². The molecule has 3 N–H and O–H groups in total. The molecule has 0 spiro atoms. The van der Waals surface area contributed by atoms with E-state index in [1.165, 1.54) is 12.3 Å². The molecule has 1 atom stereocenters. The first-order valence-corrected chi connectivity index (χ1v) is 4.51. The Labute approximate surface area is 89.9 Å². The Bertz CT molecular complexity index is 488. The van der Waals surface area contributed by atoms with Crippen LogP contribution >= 0.6 is 0 Å². The van der Waals surface area contributed by atoms with Crippen LogP contribution in [0.2, 0.25) is 0 Å². The number of halogens is 1. The lowest BCUT2D eigenvalue weighted by Gasteiger charge is -1.98. The molecule has 1 unspecified atom stereocenters. The lowest BCUT2D eigenvalue weighted by molar-refractivity contribution is 0.260. The van der Waals surface area contributed by atoms with Crippen LogP contribution in [0.5, 0.6) is 0 Å². The number of aromatic nitrogens is 3. The predicted molar refractivity (Wildman–Crippen MR) is 51.5 cm³/mol. The van der Waals surface area contributed by atoms with Crippen molar-refractivity contribution in [3.63, 3.8) is 0 Å². The molecule has 84 valence electrons. The number of rotatable bonds is 3. The van der Waals surface area contributed by atoms with Crippen molar-refractivity contribution in [3.05, 3.63) is 30.1 Å². The van der Waals surface area contributed by atoms with E-state index in [9.17, 15) is 4.39 Å². The van der Waals surface area contributed by atoms with Crippen molar-refractivity contribution in [2.24, 2.45) is 5.73 Å². The molecule has 2 rings (SSSR count). The van der Waals surface area contributed by atoms with Gasteiger partial charge in [-0.15, -0.1) is 0 Å². The Hall–Kier alpha value is -1.86. The van der Waals surface area contributed by atoms with Gasteiger partial charge in [0.2, 0.25) is 0 Å². The first-order valence-electron chi connectivity index (χ1n) is 4.51. The summed E-state index contributed by atoms with van der Waals surface area (Å²) >= 11 is 0. The molecule has 2 aromatic rings. The van der Waals surface area contributed by atoms with Gasteiger partial charge in [-0.25, -0.2) is 4.39 Å². The Morgan fingerprint density at radius 2 is 2.31 bits per heavy atom. The van der Waals surface area contributed by atoms with E-state index in [1.54, 1.807) is 0 Å². The van der Waals surface area contributed by atoms with Crippen LogP contribution in [0.3, 0.4) is 0 Å². The summed E-state index contributed by atoms with van der Waals surface area (Å²) in [7, 11) is 0. The summed E-state index contributed by atoms with van der Waals surface area (Å²) in [5.74, 6) is -0.212. The van der Waals surface area contributed by atoms with E-state index in [1.807, 2.05) is 0 Å². The van der Waals surface area contributed by atoms with Crippen molar-refractivity contribution in [1.29, 1.82) is 0 Å². The molecule has 0 aliphatic rings. The van der Waals surface area contributed by atoms with Crippen LogP contribution in [0.15, 0.2) is 23.0 Å². The molecule has 0 radical (unpaired) electrons. The highest BCUT2D eigenvalue weighted by atomic mass is 19.1. The lowest BCUT2D eigenvalue weighted by atomic mass is 10.3. The van der Waals surface area contributed by atoms with E-state index in [4.69, 9.17) is 15.4 Å². The van der Waals surface area contributed by atoms with Gasteiger partial charge in [0.05, 0.1) is 24.4 Å². The molecule has 2 heterocycles. The van der Waals surface area contributed by atoms with E-state index in [0.29, 0.717) is 5.56 Å². The highest BCUT2D eigenvalue weighted by molar-refractivity contribution is 5.50. The molecule has 0 bridgehead atoms. The number of aliphatic hydroxyl groups excluding tert-OH is 1. The van der Waals surface area contributed by atoms with Gasteiger partial charge >= 0.3 is 0 Å². The quantitative estimate of drug-likeness (QED) is 0.776. The fourth-order valence-electron chi connectivity index (χ4n) is 1.11. The maximum atomic E-state index is 12.9. The zero-order valence-electron chi connectivity index (χ0n) is 8.17. The second-order valence-corrected chi connectivity index (χ2v) is 3.14. The summed E-state index contributed by atoms with van der Waals surface area (Å²) in [6.45, 7) is -0.291. The molecular weight excluding hydrogens is 215 g/mol. The van der Waals surface area contributed by atoms with Crippen LogP contribution in [0.25, 0.3) is 11.5 Å². The Balaban J connectivity index is 2.31. The van der Waals surface area contributed by atoms with Crippen LogP contribution in [-0.4, -0.2) is 26.8 Å². The molecule has 16 heavy (non-hydrogen) atoms. The highest BCUT2D eigenvalue weighted by Crippen LogP contribution is 2.18. The van der Waals surface area contributed by atoms with Crippen LogP contribution in [-0.2, 0) is 0 Å². The molecule has 0 aromatic carbocycles. The molecule has 0 fully saturated rings. The average molecular weight is 224 g/mol. The van der Waals surface area contributed by atoms with Crippen molar-refractivity contribution >= 4 is 0 Å². The average Bonchev–Trinajstić information content (AvgIpc) is 2.77. The van der Waals surface area contributed by atoms with Gasteiger partial charge in [0.25, 0.3) is 5.89 Å². The Kier molecular flexibility index (Phi) is 2.88. The lowest BCUT2D eigenvalue weighted by Crippen LogP contribution is -2.15. The van der Waals surface area contributed by atoms with E-state index < -0.39 is 11.9 Å². The summed E-state index contributed by atoms with van der Waals surface area (Å²) in [4.78, 5) is 7.57. The molecule has 6 nitrogen and oxygen atoms in total. The van der Waals surface area contributed by atoms with Crippen LogP contribution in [0.4, 0.5) is 4.39 Å². The fourth-order valence-corrected chi connectivity index (χ4v) is 1.11. The molecule has 0 aliphatic carbocycles. The molecule has 0 saturated carbocycles. The topological polar surface area (TPSA) is 98.1 Å². The van der Waals surface area contributed by atoms with Crippen LogP contribution in [0, 0.1) is 5.82 Å². The minimum atomic E-state index is -0.709. The zero-order valence-corrected chi connectivity index (χ0v) is 8.17. The SMILES string of the molecule is NC(CO)c1noc(-c2cncc(F)c2)n1. The molecular formula is C9H9FN4O2. The minimum absolute atomic E-state index is 0.117. The monoisotopic (exact) mass is 224 g/mol. The summed E-state index contributed by atoms with van der Waals surface area (Å²) in [6, 6.07) is 0.508. The number of hydrogen-bond donors (Lipinski definition) is 2. The molecule has 2 aromatic heterocycles.